The normalized spacial score (nSPS) is 25.7. The summed E-state index contributed by atoms with van der Waals surface area (Å²) in [5.41, 5.74) is 0. The topological polar surface area (TPSA) is 79.8 Å². The van der Waals surface area contributed by atoms with Gasteiger partial charge in [0.15, 0.2) is 0 Å². The van der Waals surface area contributed by atoms with E-state index in [4.69, 9.17) is 9.84 Å². The predicted octanol–water partition coefficient (Wildman–Crippen LogP) is -0.0745. The number of carboxylic acid groups (broad SMARTS) is 1. The number of aliphatic carboxylic acids is 1. The Morgan fingerprint density at radius 3 is 2.24 bits per heavy atom. The average Bonchev–Trinajstić information content (AvgIpc) is 3.02. The van der Waals surface area contributed by atoms with Crippen molar-refractivity contribution in [1.82, 2.24) is 24.5 Å². The Morgan fingerprint density at radius 1 is 1.00 bits per heavy atom. The molecule has 9 nitrogen and oxygen atoms in total. The molecule has 1 N–H and O–H groups in total. The lowest BCUT2D eigenvalue weighted by Crippen LogP contribution is -2.50. The van der Waals surface area contributed by atoms with Gasteiger partial charge in [0.2, 0.25) is 0 Å². The molecule has 3 fully saturated rings. The van der Waals surface area contributed by atoms with Gasteiger partial charge >= 0.3 is 12.1 Å². The van der Waals surface area contributed by atoms with Gasteiger partial charge < -0.3 is 19.6 Å². The highest BCUT2D eigenvalue weighted by atomic mass is 16.6. The van der Waals surface area contributed by atoms with Crippen LogP contribution in [0.3, 0.4) is 0 Å². The largest absolute Gasteiger partial charge is 0.480 e. The molecule has 29 heavy (non-hydrogen) atoms. The average molecular weight is 412 g/mol. The number of amides is 1. The molecule has 1 amide bonds. The van der Waals surface area contributed by atoms with Crippen LogP contribution >= 0.6 is 0 Å². The van der Waals surface area contributed by atoms with E-state index in [2.05, 4.69) is 28.5 Å². The molecule has 3 aliphatic heterocycles. The molecule has 3 aliphatic rings. The third-order valence-corrected chi connectivity index (χ3v) is 6.27. The number of hydrogen-bond acceptors (Lipinski definition) is 7. The van der Waals surface area contributed by atoms with Crippen LogP contribution in [0.4, 0.5) is 4.79 Å². The van der Waals surface area contributed by atoms with Gasteiger partial charge in [-0.2, -0.15) is 0 Å². The minimum atomic E-state index is -0.777. The number of hydrogen-bond donors (Lipinski definition) is 1. The molecule has 9 heteroatoms. The summed E-state index contributed by atoms with van der Waals surface area (Å²) in [4.78, 5) is 34.1. The lowest BCUT2D eigenvalue weighted by Gasteiger charge is -2.37. The first-order valence-electron chi connectivity index (χ1n) is 11.0. The van der Waals surface area contributed by atoms with E-state index >= 15 is 0 Å². The molecular formula is C20H37N5O4. The quantitative estimate of drug-likeness (QED) is 0.565. The van der Waals surface area contributed by atoms with Crippen molar-refractivity contribution < 1.29 is 19.4 Å². The van der Waals surface area contributed by atoms with Gasteiger partial charge in [0.05, 0.1) is 13.1 Å². The Hall–Kier alpha value is -1.42. The predicted molar refractivity (Wildman–Crippen MR) is 110 cm³/mol. The fourth-order valence-electron chi connectivity index (χ4n) is 4.45. The molecule has 166 valence electrons. The van der Waals surface area contributed by atoms with Crippen molar-refractivity contribution in [3.05, 3.63) is 0 Å². The van der Waals surface area contributed by atoms with Crippen molar-refractivity contribution in [2.24, 2.45) is 0 Å². The molecule has 1 unspecified atom stereocenters. The standard InChI is InChI=1S/C20H37N5O4/c1-17(2)24-12-10-21(11-13-24)4-3-5-25-15-18(29-20(25)28)14-22-6-8-23(9-7-22)16-19(26)27/h17-18H,3-16H2,1-2H3,(H,26,27). The Bertz CT molecular complexity index is 545. The molecule has 0 bridgehead atoms. The summed E-state index contributed by atoms with van der Waals surface area (Å²) in [5, 5.41) is 8.88. The summed E-state index contributed by atoms with van der Waals surface area (Å²) in [6.45, 7) is 15.4. The Kier molecular flexibility index (Phi) is 8.11. The molecule has 1 atom stereocenters. The second-order valence-electron chi connectivity index (χ2n) is 8.75. The number of carboxylic acids is 1. The maximum atomic E-state index is 12.2. The molecule has 0 radical (unpaired) electrons. The zero-order chi connectivity index (χ0) is 20.8. The number of carbonyl (C=O) groups is 2. The molecule has 0 aromatic heterocycles. The first-order valence-corrected chi connectivity index (χ1v) is 11.0. The third-order valence-electron chi connectivity index (χ3n) is 6.27. The summed E-state index contributed by atoms with van der Waals surface area (Å²) >= 11 is 0. The number of piperazine rings is 2. The van der Waals surface area contributed by atoms with Gasteiger partial charge in [-0.3, -0.25) is 19.5 Å². The summed E-state index contributed by atoms with van der Waals surface area (Å²) in [6.07, 6.45) is 0.712. The van der Waals surface area contributed by atoms with Gasteiger partial charge in [0.1, 0.15) is 6.10 Å². The first-order chi connectivity index (χ1) is 13.9. The zero-order valence-electron chi connectivity index (χ0n) is 18.0. The molecule has 0 saturated carbocycles. The van der Waals surface area contributed by atoms with Crippen molar-refractivity contribution in [2.75, 3.05) is 85.1 Å². The number of cyclic esters (lactones) is 1. The number of rotatable bonds is 9. The van der Waals surface area contributed by atoms with Crippen LogP contribution < -0.4 is 0 Å². The van der Waals surface area contributed by atoms with E-state index in [-0.39, 0.29) is 18.7 Å². The summed E-state index contributed by atoms with van der Waals surface area (Å²) in [6, 6.07) is 0.619. The molecule has 0 aromatic carbocycles. The SMILES string of the molecule is CC(C)N1CCN(CCCN2CC(CN3CCN(CC(=O)O)CC3)OC2=O)CC1. The minimum Gasteiger partial charge on any atom is -0.480 e. The van der Waals surface area contributed by atoms with Crippen LogP contribution in [0, 0.1) is 0 Å². The summed E-state index contributed by atoms with van der Waals surface area (Å²) < 4.78 is 5.57. The Labute approximate surface area is 174 Å². The highest BCUT2D eigenvalue weighted by molar-refractivity contribution is 5.70. The van der Waals surface area contributed by atoms with Crippen LogP contribution in [0.25, 0.3) is 0 Å². The fraction of sp³-hybridized carbons (Fsp3) is 0.900. The molecule has 3 rings (SSSR count). The Balaban J connectivity index is 1.30. The maximum Gasteiger partial charge on any atom is 0.410 e. The van der Waals surface area contributed by atoms with E-state index in [1.807, 2.05) is 9.80 Å². The smallest absolute Gasteiger partial charge is 0.410 e. The van der Waals surface area contributed by atoms with Gasteiger partial charge in [-0.15, -0.1) is 0 Å². The van der Waals surface area contributed by atoms with Crippen molar-refractivity contribution in [3.8, 4) is 0 Å². The van der Waals surface area contributed by atoms with Gasteiger partial charge in [-0.25, -0.2) is 4.79 Å². The van der Waals surface area contributed by atoms with Crippen LogP contribution in [0.2, 0.25) is 0 Å². The third kappa shape index (κ3) is 6.80. The molecule has 0 aliphatic carbocycles. The zero-order valence-corrected chi connectivity index (χ0v) is 18.0. The van der Waals surface area contributed by atoms with Crippen LogP contribution in [0.5, 0.6) is 0 Å². The van der Waals surface area contributed by atoms with Crippen LogP contribution in [-0.2, 0) is 9.53 Å². The molecule has 3 saturated heterocycles. The molecule has 0 spiro atoms. The van der Waals surface area contributed by atoms with Crippen molar-refractivity contribution in [2.45, 2.75) is 32.4 Å². The van der Waals surface area contributed by atoms with Gasteiger partial charge in [0, 0.05) is 71.5 Å². The minimum absolute atomic E-state index is 0.0805. The van der Waals surface area contributed by atoms with Gasteiger partial charge in [-0.1, -0.05) is 0 Å². The lowest BCUT2D eigenvalue weighted by molar-refractivity contribution is -0.138. The monoisotopic (exact) mass is 411 g/mol. The van der Waals surface area contributed by atoms with E-state index < -0.39 is 5.97 Å². The number of ether oxygens (including phenoxy) is 1. The van der Waals surface area contributed by atoms with E-state index in [1.54, 1.807) is 0 Å². The number of carbonyl (C=O) groups excluding carboxylic acids is 1. The van der Waals surface area contributed by atoms with Crippen LogP contribution in [0.15, 0.2) is 0 Å². The lowest BCUT2D eigenvalue weighted by atomic mass is 10.2. The van der Waals surface area contributed by atoms with Crippen LogP contribution in [-0.4, -0.2) is 139 Å². The highest BCUT2D eigenvalue weighted by Gasteiger charge is 2.33. The molecular weight excluding hydrogens is 374 g/mol. The second kappa shape index (κ2) is 10.6. The van der Waals surface area contributed by atoms with E-state index in [0.29, 0.717) is 12.6 Å². The van der Waals surface area contributed by atoms with Gasteiger partial charge in [0.25, 0.3) is 0 Å². The molecule has 3 heterocycles. The maximum absolute atomic E-state index is 12.2. The fourth-order valence-corrected chi connectivity index (χ4v) is 4.45. The first kappa shape index (κ1) is 22.3. The second-order valence-corrected chi connectivity index (χ2v) is 8.75. The summed E-state index contributed by atoms with van der Waals surface area (Å²) in [7, 11) is 0. The van der Waals surface area contributed by atoms with Crippen molar-refractivity contribution >= 4 is 12.1 Å². The van der Waals surface area contributed by atoms with E-state index in [0.717, 1.165) is 78.4 Å². The molecule has 0 aromatic rings. The van der Waals surface area contributed by atoms with Crippen LogP contribution in [0.1, 0.15) is 20.3 Å². The van der Waals surface area contributed by atoms with E-state index in [9.17, 15) is 9.59 Å². The van der Waals surface area contributed by atoms with E-state index in [1.165, 1.54) is 0 Å². The van der Waals surface area contributed by atoms with Gasteiger partial charge in [-0.05, 0) is 26.8 Å². The highest BCUT2D eigenvalue weighted by Crippen LogP contribution is 2.15. The summed E-state index contributed by atoms with van der Waals surface area (Å²) in [5.74, 6) is -0.777. The van der Waals surface area contributed by atoms with Crippen molar-refractivity contribution in [1.29, 1.82) is 0 Å². The Morgan fingerprint density at radius 2 is 1.62 bits per heavy atom. The number of nitrogens with zero attached hydrogens (tertiary/aromatic N) is 5. The van der Waals surface area contributed by atoms with Crippen molar-refractivity contribution in [3.63, 3.8) is 0 Å².